The zero-order chi connectivity index (χ0) is 42.0. The predicted octanol–water partition coefficient (Wildman–Crippen LogP) is 2.86. The maximum Gasteiger partial charge on any atom is 0.309 e. The minimum atomic E-state index is -1.85. The number of aldehydes is 1. The standard InChI is InChI=1S/C43H64O14/c1-20(45)32-30(50)28(48)31(51)35(56-32)57-33-29(49)27(47)24(19-44)54-36(33)55-26-10-11-41(6)25(38(26,2)3)9-12-43(8)34(41)23(46)17-21-22-18-40(5,37(52)53)14-13-39(22,4)15-16-42(21,43)7/h17,19,22,24-36,47-51H,9-16,18H2,1-8H3,(H,52,53)/t22?,24?,25?,26?,27-,28+,29+,30+,31?,32?,33-,34?,35+,36+,39?,40?,41?,42?,43?/m1/s1. The third-order valence-electron chi connectivity index (χ3n) is 17.3. The van der Waals surface area contributed by atoms with E-state index < -0.39 is 95.5 Å². The average molecular weight is 805 g/mol. The van der Waals surface area contributed by atoms with Gasteiger partial charge in [-0.1, -0.05) is 47.1 Å². The third-order valence-corrected chi connectivity index (χ3v) is 17.3. The number of Topliss-reactive ketones (excluding diaryl/α,β-unsaturated/α-hetero) is 1. The van der Waals surface area contributed by atoms with Gasteiger partial charge in [-0.25, -0.2) is 0 Å². The van der Waals surface area contributed by atoms with Crippen molar-refractivity contribution < 1.29 is 68.8 Å². The molecule has 0 spiro atoms. The van der Waals surface area contributed by atoms with E-state index in [1.807, 2.05) is 13.0 Å². The normalized spacial score (nSPS) is 53.3. The van der Waals surface area contributed by atoms with Gasteiger partial charge in [0.25, 0.3) is 0 Å². The molecule has 320 valence electrons. The minimum absolute atomic E-state index is 0.00968. The summed E-state index contributed by atoms with van der Waals surface area (Å²) in [5, 5.41) is 64.0. The van der Waals surface area contributed by atoms with Gasteiger partial charge in [-0.15, -0.1) is 0 Å². The van der Waals surface area contributed by atoms with Gasteiger partial charge in [0.15, 0.2) is 30.4 Å². The van der Waals surface area contributed by atoms with Crippen molar-refractivity contribution in [1.29, 1.82) is 0 Å². The largest absolute Gasteiger partial charge is 0.481 e. The highest BCUT2D eigenvalue weighted by molar-refractivity contribution is 5.95. The fraction of sp³-hybridized carbons (Fsp3) is 0.860. The van der Waals surface area contributed by atoms with Crippen LogP contribution in [0.4, 0.5) is 0 Å². The number of aliphatic carboxylic acids is 1. The Morgan fingerprint density at radius 2 is 1.46 bits per heavy atom. The van der Waals surface area contributed by atoms with Gasteiger partial charge in [0.2, 0.25) is 0 Å². The minimum Gasteiger partial charge on any atom is -0.481 e. The zero-order valence-electron chi connectivity index (χ0n) is 34.6. The number of ether oxygens (including phenoxy) is 4. The summed E-state index contributed by atoms with van der Waals surface area (Å²) in [6.45, 7) is 16.3. The molecule has 2 aliphatic heterocycles. The first-order valence-corrected chi connectivity index (χ1v) is 20.9. The van der Waals surface area contributed by atoms with Crippen molar-refractivity contribution >= 4 is 23.8 Å². The van der Waals surface area contributed by atoms with E-state index in [1.54, 1.807) is 0 Å². The van der Waals surface area contributed by atoms with E-state index in [0.717, 1.165) is 44.6 Å². The molecule has 2 heterocycles. The fourth-order valence-corrected chi connectivity index (χ4v) is 13.4. The van der Waals surface area contributed by atoms with Crippen LogP contribution < -0.4 is 0 Å². The van der Waals surface area contributed by atoms with Crippen LogP contribution in [0.15, 0.2) is 11.6 Å². The molecule has 14 nitrogen and oxygen atoms in total. The van der Waals surface area contributed by atoms with Crippen molar-refractivity contribution in [2.24, 2.45) is 50.2 Å². The summed E-state index contributed by atoms with van der Waals surface area (Å²) >= 11 is 0. The lowest BCUT2D eigenvalue weighted by atomic mass is 9.33. The van der Waals surface area contributed by atoms with Gasteiger partial charge in [0.05, 0.1) is 11.5 Å². The number of aliphatic hydroxyl groups is 5. The molecule has 6 fully saturated rings. The topological polar surface area (TPSA) is 227 Å². The summed E-state index contributed by atoms with van der Waals surface area (Å²) in [6, 6.07) is 0. The number of fused-ring (bicyclic) bond motifs is 7. The number of carboxylic acids is 1. The summed E-state index contributed by atoms with van der Waals surface area (Å²) in [5.74, 6) is -1.61. The van der Waals surface area contributed by atoms with Crippen LogP contribution in [-0.4, -0.2) is 122 Å². The van der Waals surface area contributed by atoms with Gasteiger partial charge in [-0.2, -0.15) is 0 Å². The van der Waals surface area contributed by atoms with Crippen LogP contribution in [0.1, 0.15) is 113 Å². The maximum absolute atomic E-state index is 14.8. The van der Waals surface area contributed by atoms with Gasteiger partial charge in [-0.3, -0.25) is 14.4 Å². The molecule has 14 heteroatoms. The molecule has 4 saturated carbocycles. The molecule has 7 rings (SSSR count). The van der Waals surface area contributed by atoms with Crippen LogP contribution in [0.5, 0.6) is 0 Å². The van der Waals surface area contributed by atoms with Crippen LogP contribution in [0.25, 0.3) is 0 Å². The lowest BCUT2D eigenvalue weighted by molar-refractivity contribution is -0.368. The van der Waals surface area contributed by atoms with E-state index >= 15 is 0 Å². The fourth-order valence-electron chi connectivity index (χ4n) is 13.4. The number of hydrogen-bond acceptors (Lipinski definition) is 13. The molecule has 0 aromatic carbocycles. The highest BCUT2D eigenvalue weighted by Crippen LogP contribution is 2.75. The Morgan fingerprint density at radius 3 is 2.09 bits per heavy atom. The summed E-state index contributed by atoms with van der Waals surface area (Å²) in [6.07, 6.45) is -8.50. The van der Waals surface area contributed by atoms with E-state index in [-0.39, 0.29) is 39.8 Å². The van der Waals surface area contributed by atoms with Crippen LogP contribution in [0, 0.1) is 50.2 Å². The second-order valence-electron chi connectivity index (χ2n) is 20.7. The second kappa shape index (κ2) is 14.2. The van der Waals surface area contributed by atoms with Crippen LogP contribution >= 0.6 is 0 Å². The van der Waals surface area contributed by atoms with E-state index in [1.165, 1.54) is 0 Å². The third kappa shape index (κ3) is 6.28. The number of carbonyl (C=O) groups is 4. The van der Waals surface area contributed by atoms with E-state index in [4.69, 9.17) is 18.9 Å². The molecule has 6 N–H and O–H groups in total. The number of rotatable bonds is 7. The molecule has 0 radical (unpaired) electrons. The summed E-state index contributed by atoms with van der Waals surface area (Å²) < 4.78 is 24.1. The molecule has 5 aliphatic carbocycles. The predicted molar refractivity (Wildman–Crippen MR) is 201 cm³/mol. The second-order valence-corrected chi connectivity index (χ2v) is 20.7. The van der Waals surface area contributed by atoms with E-state index in [9.17, 15) is 49.8 Å². The molecule has 57 heavy (non-hydrogen) atoms. The molecule has 0 aromatic heterocycles. The molecule has 2 saturated heterocycles. The Kier molecular flexibility index (Phi) is 10.7. The van der Waals surface area contributed by atoms with Crippen molar-refractivity contribution in [3.63, 3.8) is 0 Å². The van der Waals surface area contributed by atoms with Crippen molar-refractivity contribution in [2.45, 2.75) is 181 Å². The molecule has 0 bridgehead atoms. The Bertz CT molecular complexity index is 1680. The van der Waals surface area contributed by atoms with Crippen LogP contribution in [0.3, 0.4) is 0 Å². The Balaban J connectivity index is 1.17. The first-order valence-electron chi connectivity index (χ1n) is 20.9. The Labute approximate surface area is 334 Å². The summed E-state index contributed by atoms with van der Waals surface area (Å²) in [4.78, 5) is 51.6. The maximum atomic E-state index is 14.8. The molecule has 0 amide bonds. The quantitative estimate of drug-likeness (QED) is 0.161. The van der Waals surface area contributed by atoms with E-state index in [0.29, 0.717) is 32.0 Å². The highest BCUT2D eigenvalue weighted by atomic mass is 16.8. The van der Waals surface area contributed by atoms with E-state index in [2.05, 4.69) is 41.5 Å². The Hall–Kier alpha value is -2.14. The molecular weight excluding hydrogens is 740 g/mol. The number of ketones is 2. The van der Waals surface area contributed by atoms with Gasteiger partial charge in [0.1, 0.15) is 48.8 Å². The summed E-state index contributed by atoms with van der Waals surface area (Å²) in [5.41, 5.74) is -1.47. The number of hydrogen-bond donors (Lipinski definition) is 6. The van der Waals surface area contributed by atoms with Crippen molar-refractivity contribution in [2.75, 3.05) is 0 Å². The number of aliphatic hydroxyl groups excluding tert-OH is 5. The SMILES string of the molecule is CC(=O)C1O[C@@H](O[C@H]2[C@H](OC3CCC4(C)C(CCC5(C)C4C(=O)C=C4C6CC(C)(C(=O)O)CCC6(C)CCC45C)C3(C)C)OC(C=O)[C@@H](O)[C@@H]2O)C(O)[C@@H](O)[C@@H]1O. The molecule has 7 aliphatic rings. The van der Waals surface area contributed by atoms with Crippen LogP contribution in [-0.2, 0) is 38.1 Å². The monoisotopic (exact) mass is 804 g/mol. The summed E-state index contributed by atoms with van der Waals surface area (Å²) in [7, 11) is 0. The highest BCUT2D eigenvalue weighted by Gasteiger charge is 2.71. The zero-order valence-corrected chi connectivity index (χ0v) is 34.6. The van der Waals surface area contributed by atoms with Gasteiger partial charge in [-0.05, 0) is 117 Å². The number of allylic oxidation sites excluding steroid dienone is 2. The first-order chi connectivity index (χ1) is 26.4. The van der Waals surface area contributed by atoms with Crippen LogP contribution in [0.2, 0.25) is 0 Å². The first kappa shape index (κ1) is 43.0. The molecule has 19 atom stereocenters. The molecule has 12 unspecified atom stereocenters. The van der Waals surface area contributed by atoms with Gasteiger partial charge < -0.3 is 54.4 Å². The lowest BCUT2D eigenvalue weighted by Crippen LogP contribution is -2.68. The van der Waals surface area contributed by atoms with Crippen molar-refractivity contribution in [3.8, 4) is 0 Å². The number of carbonyl (C=O) groups excluding carboxylic acids is 3. The Morgan fingerprint density at radius 1 is 0.789 bits per heavy atom. The molecular formula is C43H64O14. The van der Waals surface area contributed by atoms with Crippen molar-refractivity contribution in [3.05, 3.63) is 11.6 Å². The number of carboxylic acid groups (broad SMARTS) is 1. The smallest absolute Gasteiger partial charge is 0.309 e. The van der Waals surface area contributed by atoms with Gasteiger partial charge >= 0.3 is 5.97 Å². The van der Waals surface area contributed by atoms with Crippen molar-refractivity contribution in [1.82, 2.24) is 0 Å². The van der Waals surface area contributed by atoms with Gasteiger partial charge in [0, 0.05) is 5.92 Å². The molecule has 0 aromatic rings. The average Bonchev–Trinajstić information content (AvgIpc) is 3.13. The lowest BCUT2D eigenvalue weighted by Gasteiger charge is -2.70.